The zero-order valence-electron chi connectivity index (χ0n) is 18.6. The van der Waals surface area contributed by atoms with Crippen LogP contribution in [-0.4, -0.2) is 80.9 Å². The average molecular weight is 472 g/mol. The third-order valence-electron chi connectivity index (χ3n) is 6.63. The van der Waals surface area contributed by atoms with Crippen LogP contribution in [0.25, 0.3) is 0 Å². The quantitative estimate of drug-likeness (QED) is 0.665. The number of fused-ring (bicyclic) bond motifs is 1. The Labute approximate surface area is 194 Å². The van der Waals surface area contributed by atoms with Crippen molar-refractivity contribution >= 4 is 15.9 Å². The largest absolute Gasteiger partial charge is 0.486 e. The number of sulfonamides is 1. The number of likely N-dealkylation sites (tertiary alicyclic amines) is 1. The standard InChI is InChI=1S/C24H29N3O5S/c28-24(25-11-13-27(14-12-25)33(29,30)20-5-2-1-3-6-20)18-26-10-4-7-21(26)19-8-9-22-23(17-19)32-16-15-31-22/h1-3,5-6,8-9,17,21H,4,7,10-16,18H2. The number of hydrogen-bond acceptors (Lipinski definition) is 6. The van der Waals surface area contributed by atoms with E-state index in [1.54, 1.807) is 35.2 Å². The summed E-state index contributed by atoms with van der Waals surface area (Å²) in [4.78, 5) is 17.4. The lowest BCUT2D eigenvalue weighted by atomic mass is 10.0. The molecule has 0 aromatic heterocycles. The predicted molar refractivity (Wildman–Crippen MR) is 123 cm³/mol. The van der Waals surface area contributed by atoms with Crippen molar-refractivity contribution in [1.82, 2.24) is 14.1 Å². The summed E-state index contributed by atoms with van der Waals surface area (Å²) in [5.41, 5.74) is 1.14. The summed E-state index contributed by atoms with van der Waals surface area (Å²) in [6.45, 7) is 3.77. The van der Waals surface area contributed by atoms with Gasteiger partial charge in [-0.25, -0.2) is 8.42 Å². The van der Waals surface area contributed by atoms with Gasteiger partial charge in [-0.15, -0.1) is 0 Å². The maximum atomic E-state index is 13.1. The highest BCUT2D eigenvalue weighted by atomic mass is 32.2. The highest BCUT2D eigenvalue weighted by Crippen LogP contribution is 2.38. The number of carbonyl (C=O) groups excluding carboxylic acids is 1. The number of benzene rings is 2. The van der Waals surface area contributed by atoms with Gasteiger partial charge in [0, 0.05) is 32.2 Å². The number of nitrogens with zero attached hydrogens (tertiary/aromatic N) is 3. The van der Waals surface area contributed by atoms with Crippen LogP contribution in [0.3, 0.4) is 0 Å². The third kappa shape index (κ3) is 4.58. The molecule has 2 aromatic rings. The van der Waals surface area contributed by atoms with Crippen LogP contribution >= 0.6 is 0 Å². The van der Waals surface area contributed by atoms with E-state index in [0.29, 0.717) is 50.8 Å². The van der Waals surface area contributed by atoms with E-state index in [-0.39, 0.29) is 11.9 Å². The van der Waals surface area contributed by atoms with Crippen molar-refractivity contribution in [1.29, 1.82) is 0 Å². The molecule has 0 aliphatic carbocycles. The molecule has 0 radical (unpaired) electrons. The Kier molecular flexibility index (Phi) is 6.27. The average Bonchev–Trinajstić information content (AvgIpc) is 3.32. The molecule has 3 aliphatic rings. The zero-order valence-corrected chi connectivity index (χ0v) is 19.4. The molecule has 9 heteroatoms. The van der Waals surface area contributed by atoms with E-state index in [1.165, 1.54) is 4.31 Å². The highest BCUT2D eigenvalue weighted by Gasteiger charge is 2.33. The SMILES string of the molecule is O=C(CN1CCCC1c1ccc2c(c1)OCCO2)N1CCN(S(=O)(=O)c2ccccc2)CC1. The number of rotatable bonds is 5. The molecule has 176 valence electrons. The van der Waals surface area contributed by atoms with Crippen molar-refractivity contribution in [3.05, 3.63) is 54.1 Å². The van der Waals surface area contributed by atoms with Gasteiger partial charge in [0.05, 0.1) is 11.4 Å². The van der Waals surface area contributed by atoms with Gasteiger partial charge < -0.3 is 14.4 Å². The summed E-state index contributed by atoms with van der Waals surface area (Å²) in [5.74, 6) is 1.60. The fourth-order valence-corrected chi connectivity index (χ4v) is 6.30. The normalized spacial score (nSPS) is 21.8. The summed E-state index contributed by atoms with van der Waals surface area (Å²) < 4.78 is 38.5. The molecular weight excluding hydrogens is 442 g/mol. The van der Waals surface area contributed by atoms with Gasteiger partial charge in [-0.3, -0.25) is 9.69 Å². The van der Waals surface area contributed by atoms with E-state index in [2.05, 4.69) is 11.0 Å². The lowest BCUT2D eigenvalue weighted by Gasteiger charge is -2.35. The molecule has 1 atom stereocenters. The molecule has 1 amide bonds. The summed E-state index contributed by atoms with van der Waals surface area (Å²) >= 11 is 0. The zero-order chi connectivity index (χ0) is 22.8. The van der Waals surface area contributed by atoms with Gasteiger partial charge in [-0.05, 0) is 49.2 Å². The van der Waals surface area contributed by atoms with E-state index < -0.39 is 10.0 Å². The first kappa shape index (κ1) is 22.2. The molecule has 2 aromatic carbocycles. The minimum atomic E-state index is -3.52. The third-order valence-corrected chi connectivity index (χ3v) is 8.54. The van der Waals surface area contributed by atoms with Gasteiger partial charge in [-0.2, -0.15) is 4.31 Å². The van der Waals surface area contributed by atoms with Crippen LogP contribution in [0.15, 0.2) is 53.4 Å². The van der Waals surface area contributed by atoms with E-state index in [0.717, 1.165) is 36.4 Å². The minimum Gasteiger partial charge on any atom is -0.486 e. The van der Waals surface area contributed by atoms with Crippen molar-refractivity contribution in [2.45, 2.75) is 23.8 Å². The van der Waals surface area contributed by atoms with Crippen molar-refractivity contribution < 1.29 is 22.7 Å². The molecule has 1 unspecified atom stereocenters. The van der Waals surface area contributed by atoms with Crippen LogP contribution in [0.4, 0.5) is 0 Å². The molecule has 0 spiro atoms. The van der Waals surface area contributed by atoms with Crippen molar-refractivity contribution in [2.24, 2.45) is 0 Å². The Morgan fingerprint density at radius 2 is 1.64 bits per heavy atom. The lowest BCUT2D eigenvalue weighted by molar-refractivity contribution is -0.133. The Bertz CT molecular complexity index is 1100. The highest BCUT2D eigenvalue weighted by molar-refractivity contribution is 7.89. The van der Waals surface area contributed by atoms with Gasteiger partial charge in [0.25, 0.3) is 0 Å². The smallest absolute Gasteiger partial charge is 0.243 e. The van der Waals surface area contributed by atoms with Crippen molar-refractivity contribution in [2.75, 3.05) is 52.5 Å². The van der Waals surface area contributed by atoms with Crippen LogP contribution < -0.4 is 9.47 Å². The number of amides is 1. The molecule has 5 rings (SSSR count). The summed E-state index contributed by atoms with van der Waals surface area (Å²) in [6.07, 6.45) is 2.03. The summed E-state index contributed by atoms with van der Waals surface area (Å²) in [7, 11) is -3.52. The van der Waals surface area contributed by atoms with Gasteiger partial charge in [0.15, 0.2) is 11.5 Å². The van der Waals surface area contributed by atoms with Gasteiger partial charge >= 0.3 is 0 Å². The molecule has 3 heterocycles. The molecule has 0 saturated carbocycles. The first-order valence-electron chi connectivity index (χ1n) is 11.5. The van der Waals surface area contributed by atoms with Crippen LogP contribution in [0.1, 0.15) is 24.4 Å². The number of carbonyl (C=O) groups is 1. The fraction of sp³-hybridized carbons (Fsp3) is 0.458. The van der Waals surface area contributed by atoms with E-state index >= 15 is 0 Å². The minimum absolute atomic E-state index is 0.0520. The topological polar surface area (TPSA) is 79.4 Å². The molecule has 8 nitrogen and oxygen atoms in total. The number of ether oxygens (including phenoxy) is 2. The molecule has 3 aliphatic heterocycles. The maximum Gasteiger partial charge on any atom is 0.243 e. The van der Waals surface area contributed by atoms with Crippen molar-refractivity contribution in [3.63, 3.8) is 0 Å². The molecule has 2 saturated heterocycles. The van der Waals surface area contributed by atoms with Crippen LogP contribution in [0, 0.1) is 0 Å². The summed E-state index contributed by atoms with van der Waals surface area (Å²) in [6, 6.07) is 14.7. The van der Waals surface area contributed by atoms with Crippen molar-refractivity contribution in [3.8, 4) is 11.5 Å². The molecule has 2 fully saturated rings. The lowest BCUT2D eigenvalue weighted by Crippen LogP contribution is -2.52. The Hall–Kier alpha value is -2.62. The molecule has 0 N–H and O–H groups in total. The second-order valence-electron chi connectivity index (χ2n) is 8.63. The van der Waals surface area contributed by atoms with Crippen LogP contribution in [0.5, 0.6) is 11.5 Å². The van der Waals surface area contributed by atoms with E-state index in [9.17, 15) is 13.2 Å². The second kappa shape index (κ2) is 9.32. The Morgan fingerprint density at radius 1 is 0.909 bits per heavy atom. The maximum absolute atomic E-state index is 13.1. The van der Waals surface area contributed by atoms with E-state index in [1.807, 2.05) is 12.1 Å². The number of hydrogen-bond donors (Lipinski definition) is 0. The molecular formula is C24H29N3O5S. The summed E-state index contributed by atoms with van der Waals surface area (Å²) in [5, 5.41) is 0. The molecule has 33 heavy (non-hydrogen) atoms. The van der Waals surface area contributed by atoms with E-state index in [4.69, 9.17) is 9.47 Å². The number of piperazine rings is 1. The first-order chi connectivity index (χ1) is 16.0. The van der Waals surface area contributed by atoms with Gasteiger partial charge in [0.1, 0.15) is 13.2 Å². The van der Waals surface area contributed by atoms with Gasteiger partial charge in [0.2, 0.25) is 15.9 Å². The fourth-order valence-electron chi connectivity index (χ4n) is 4.85. The van der Waals surface area contributed by atoms with Crippen LogP contribution in [-0.2, 0) is 14.8 Å². The first-order valence-corrected chi connectivity index (χ1v) is 12.9. The Balaban J connectivity index is 1.20. The molecule has 0 bridgehead atoms. The van der Waals surface area contributed by atoms with Gasteiger partial charge in [-0.1, -0.05) is 24.3 Å². The monoisotopic (exact) mass is 471 g/mol. The van der Waals surface area contributed by atoms with Crippen LogP contribution in [0.2, 0.25) is 0 Å². The second-order valence-corrected chi connectivity index (χ2v) is 10.6. The Morgan fingerprint density at radius 3 is 2.39 bits per heavy atom. The predicted octanol–water partition coefficient (Wildman–Crippen LogP) is 2.13.